The van der Waals surface area contributed by atoms with E-state index in [9.17, 15) is 22.8 Å². The summed E-state index contributed by atoms with van der Waals surface area (Å²) in [7, 11) is 1.16. The number of esters is 1. The predicted molar refractivity (Wildman–Crippen MR) is 79.4 cm³/mol. The van der Waals surface area contributed by atoms with Gasteiger partial charge in [0, 0.05) is 6.42 Å². The van der Waals surface area contributed by atoms with Crippen LogP contribution < -0.4 is 0 Å². The Morgan fingerprint density at radius 1 is 1.32 bits per heavy atom. The molecule has 0 saturated carbocycles. The maximum absolute atomic E-state index is 13.2. The number of methoxy groups -OCH3 is 1. The number of rotatable bonds is 2. The molecule has 0 saturated heterocycles. The smallest absolute Gasteiger partial charge is 0.417 e. The van der Waals surface area contributed by atoms with E-state index in [0.29, 0.717) is 11.4 Å². The lowest BCUT2D eigenvalue weighted by atomic mass is 9.99. The Labute approximate surface area is 140 Å². The van der Waals surface area contributed by atoms with Crippen LogP contribution in [0.3, 0.4) is 0 Å². The van der Waals surface area contributed by atoms with Gasteiger partial charge in [0.05, 0.1) is 42.5 Å². The number of hydrogen-bond donors (Lipinski definition) is 1. The number of alkyl halides is 3. The number of nitrogens with one attached hydrogen (secondary N) is 1. The number of hydrogen-bond acceptors (Lipinski definition) is 4. The summed E-state index contributed by atoms with van der Waals surface area (Å²) >= 11 is 0. The molecule has 0 spiro atoms. The minimum absolute atomic E-state index is 0.0554. The lowest BCUT2D eigenvalue weighted by molar-refractivity contribution is -0.146. The zero-order valence-electron chi connectivity index (χ0n) is 13.1. The number of halogens is 3. The van der Waals surface area contributed by atoms with Crippen molar-refractivity contribution in [2.75, 3.05) is 7.11 Å². The van der Waals surface area contributed by atoms with Crippen molar-refractivity contribution in [1.29, 1.82) is 0 Å². The zero-order valence-corrected chi connectivity index (χ0v) is 13.1. The van der Waals surface area contributed by atoms with E-state index in [1.807, 2.05) is 0 Å². The summed E-state index contributed by atoms with van der Waals surface area (Å²) < 4.78 is 44.3. The molecule has 2 heterocycles. The predicted octanol–water partition coefficient (Wildman–Crippen LogP) is 2.17. The summed E-state index contributed by atoms with van der Waals surface area (Å²) in [5.74, 6) is -1.59. The van der Waals surface area contributed by atoms with Gasteiger partial charge in [-0.15, -0.1) is 0 Å². The Hall–Kier alpha value is -2.84. The maximum atomic E-state index is 13.2. The van der Waals surface area contributed by atoms with Crippen LogP contribution in [0.2, 0.25) is 0 Å². The standard InChI is InChI=1S/C16H14F3N3O3/c1-25-15(24)13-6-11-12(21-8-20-11)7-22(13)14(23)9-4-2-3-5-10(9)16(17,18)19/h2-5,8,13H,6-7H2,1H3,(H,20,21). The van der Waals surface area contributed by atoms with Gasteiger partial charge < -0.3 is 14.6 Å². The van der Waals surface area contributed by atoms with Crippen molar-refractivity contribution >= 4 is 11.9 Å². The molecule has 25 heavy (non-hydrogen) atoms. The van der Waals surface area contributed by atoms with Crippen LogP contribution in [0.5, 0.6) is 0 Å². The van der Waals surface area contributed by atoms with E-state index in [-0.39, 0.29) is 13.0 Å². The van der Waals surface area contributed by atoms with Crippen LogP contribution in [0.25, 0.3) is 0 Å². The summed E-state index contributed by atoms with van der Waals surface area (Å²) in [5, 5.41) is 0. The van der Waals surface area contributed by atoms with Crippen molar-refractivity contribution in [2.45, 2.75) is 25.2 Å². The molecule has 1 amide bonds. The second-order valence-electron chi connectivity index (χ2n) is 5.55. The largest absolute Gasteiger partial charge is 0.467 e. The fraction of sp³-hybridized carbons (Fsp3) is 0.312. The molecule has 1 atom stereocenters. The Morgan fingerprint density at radius 3 is 2.72 bits per heavy atom. The second kappa shape index (κ2) is 6.23. The van der Waals surface area contributed by atoms with Gasteiger partial charge in [0.25, 0.3) is 5.91 Å². The zero-order chi connectivity index (χ0) is 18.2. The molecule has 9 heteroatoms. The molecule has 132 valence electrons. The number of carbonyl (C=O) groups excluding carboxylic acids is 2. The van der Waals surface area contributed by atoms with Crippen molar-refractivity contribution in [3.63, 3.8) is 0 Å². The highest BCUT2D eigenvalue weighted by atomic mass is 19.4. The highest BCUT2D eigenvalue weighted by molar-refractivity contribution is 5.98. The Morgan fingerprint density at radius 2 is 2.04 bits per heavy atom. The highest BCUT2D eigenvalue weighted by Gasteiger charge is 2.41. The third kappa shape index (κ3) is 3.09. The lowest BCUT2D eigenvalue weighted by Crippen LogP contribution is -2.49. The van der Waals surface area contributed by atoms with Gasteiger partial charge in [-0.25, -0.2) is 9.78 Å². The summed E-state index contributed by atoms with van der Waals surface area (Å²) in [6.45, 7) is -0.0554. The molecule has 1 aliphatic rings. The topological polar surface area (TPSA) is 75.3 Å². The van der Waals surface area contributed by atoms with Gasteiger partial charge in [-0.3, -0.25) is 4.79 Å². The normalized spacial score (nSPS) is 17.1. The van der Waals surface area contributed by atoms with E-state index in [0.717, 1.165) is 24.1 Å². The Bertz CT molecular complexity index is 816. The van der Waals surface area contributed by atoms with E-state index >= 15 is 0 Å². The van der Waals surface area contributed by atoms with Crippen molar-refractivity contribution in [3.8, 4) is 0 Å². The van der Waals surface area contributed by atoms with Crippen molar-refractivity contribution in [2.24, 2.45) is 0 Å². The molecule has 0 fully saturated rings. The van der Waals surface area contributed by atoms with Crippen LogP contribution >= 0.6 is 0 Å². The number of ether oxygens (including phenoxy) is 1. The van der Waals surface area contributed by atoms with E-state index in [2.05, 4.69) is 9.97 Å². The molecule has 0 radical (unpaired) electrons. The van der Waals surface area contributed by atoms with Crippen LogP contribution in [0, 0.1) is 0 Å². The molecular formula is C16H14F3N3O3. The van der Waals surface area contributed by atoms with E-state index in [1.165, 1.54) is 18.5 Å². The number of carbonyl (C=O) groups is 2. The third-order valence-corrected chi connectivity index (χ3v) is 4.10. The van der Waals surface area contributed by atoms with Crippen molar-refractivity contribution in [3.05, 3.63) is 53.1 Å². The van der Waals surface area contributed by atoms with Crippen LogP contribution in [-0.2, 0) is 28.7 Å². The van der Waals surface area contributed by atoms with Gasteiger partial charge in [0.2, 0.25) is 0 Å². The molecule has 0 aliphatic carbocycles. The number of imidazole rings is 1. The van der Waals surface area contributed by atoms with Gasteiger partial charge in [0.15, 0.2) is 0 Å². The summed E-state index contributed by atoms with van der Waals surface area (Å²) in [6.07, 6.45) is -3.19. The number of amides is 1. The van der Waals surface area contributed by atoms with E-state index in [4.69, 9.17) is 4.74 Å². The molecule has 6 nitrogen and oxygen atoms in total. The SMILES string of the molecule is COC(=O)C1Cc2nc[nH]c2CN1C(=O)c1ccccc1C(F)(F)F. The number of aromatic amines is 1. The van der Waals surface area contributed by atoms with Crippen LogP contribution in [0.15, 0.2) is 30.6 Å². The monoisotopic (exact) mass is 353 g/mol. The van der Waals surface area contributed by atoms with E-state index in [1.54, 1.807) is 0 Å². The van der Waals surface area contributed by atoms with Crippen LogP contribution in [0.4, 0.5) is 13.2 Å². The molecule has 1 N–H and O–H groups in total. The first kappa shape index (κ1) is 17.0. The first-order chi connectivity index (χ1) is 11.8. The highest BCUT2D eigenvalue weighted by Crippen LogP contribution is 2.33. The minimum atomic E-state index is -4.68. The summed E-state index contributed by atoms with van der Waals surface area (Å²) in [6, 6.07) is 3.46. The Balaban J connectivity index is 2.02. The Kier molecular flexibility index (Phi) is 4.23. The molecule has 1 aliphatic heterocycles. The molecule has 1 aromatic carbocycles. The van der Waals surface area contributed by atoms with Gasteiger partial charge in [0.1, 0.15) is 6.04 Å². The summed E-state index contributed by atoms with van der Waals surface area (Å²) in [5.41, 5.74) is -0.382. The number of aromatic nitrogens is 2. The average Bonchev–Trinajstić information content (AvgIpc) is 3.06. The molecule has 1 unspecified atom stereocenters. The molecule has 2 aromatic rings. The molecule has 1 aromatic heterocycles. The molecular weight excluding hydrogens is 339 g/mol. The number of benzene rings is 1. The quantitative estimate of drug-likeness (QED) is 0.840. The van der Waals surface area contributed by atoms with Crippen molar-refractivity contribution < 1.29 is 27.5 Å². The maximum Gasteiger partial charge on any atom is 0.417 e. The summed E-state index contributed by atoms with van der Waals surface area (Å²) in [4.78, 5) is 32.8. The average molecular weight is 353 g/mol. The first-order valence-corrected chi connectivity index (χ1v) is 7.39. The molecule has 3 rings (SSSR count). The fourth-order valence-electron chi connectivity index (χ4n) is 2.87. The molecule has 0 bridgehead atoms. The van der Waals surface area contributed by atoms with Gasteiger partial charge >= 0.3 is 12.1 Å². The number of H-pyrrole nitrogens is 1. The van der Waals surface area contributed by atoms with Crippen LogP contribution in [-0.4, -0.2) is 39.9 Å². The second-order valence-corrected chi connectivity index (χ2v) is 5.55. The van der Waals surface area contributed by atoms with Gasteiger partial charge in [-0.2, -0.15) is 13.2 Å². The fourth-order valence-corrected chi connectivity index (χ4v) is 2.87. The van der Waals surface area contributed by atoms with E-state index < -0.39 is 35.2 Å². The number of nitrogens with zero attached hydrogens (tertiary/aromatic N) is 2. The lowest BCUT2D eigenvalue weighted by Gasteiger charge is -2.33. The third-order valence-electron chi connectivity index (χ3n) is 4.10. The van der Waals surface area contributed by atoms with Gasteiger partial charge in [-0.1, -0.05) is 12.1 Å². The van der Waals surface area contributed by atoms with Crippen LogP contribution in [0.1, 0.15) is 27.3 Å². The minimum Gasteiger partial charge on any atom is -0.467 e. The number of fused-ring (bicyclic) bond motifs is 1. The van der Waals surface area contributed by atoms with Gasteiger partial charge in [-0.05, 0) is 12.1 Å². The van der Waals surface area contributed by atoms with Crippen molar-refractivity contribution in [1.82, 2.24) is 14.9 Å². The first-order valence-electron chi connectivity index (χ1n) is 7.39.